The average Bonchev–Trinajstić information content (AvgIpc) is 2.41. The van der Waals surface area contributed by atoms with Crippen LogP contribution in [0, 0.1) is 11.3 Å². The van der Waals surface area contributed by atoms with Crippen molar-refractivity contribution >= 4 is 12.2 Å². The molecular weight excluding hydrogens is 266 g/mol. The monoisotopic (exact) mass is 283 g/mol. The second-order valence-electron chi connectivity index (χ2n) is 3.79. The summed E-state index contributed by atoms with van der Waals surface area (Å²) in [6.07, 6.45) is -0.338. The number of ether oxygens (including phenoxy) is 3. The van der Waals surface area contributed by atoms with Gasteiger partial charge in [-0.3, -0.25) is 5.32 Å². The van der Waals surface area contributed by atoms with Crippen LogP contribution in [0.1, 0.15) is 20.3 Å². The molecule has 2 N–H and O–H groups in total. The summed E-state index contributed by atoms with van der Waals surface area (Å²) in [6, 6.07) is 1.30. The molecule has 8 heteroatoms. The van der Waals surface area contributed by atoms with Crippen molar-refractivity contribution < 1.29 is 23.8 Å². The SMILES string of the molecule is CCOC(=O)N[C@@H]1CC=C(C#N)O[C@@H]1NC(=O)OCC. The van der Waals surface area contributed by atoms with Crippen molar-refractivity contribution in [3.8, 4) is 6.07 Å². The number of hydrogen-bond donors (Lipinski definition) is 2. The lowest BCUT2D eigenvalue weighted by Crippen LogP contribution is -2.54. The molecule has 0 aromatic rings. The summed E-state index contributed by atoms with van der Waals surface area (Å²) in [7, 11) is 0. The fourth-order valence-electron chi connectivity index (χ4n) is 1.57. The first kappa shape index (κ1) is 15.6. The first-order valence-corrected chi connectivity index (χ1v) is 6.24. The number of nitriles is 1. The maximum atomic E-state index is 11.4. The molecule has 0 aromatic heterocycles. The molecule has 1 heterocycles. The molecule has 0 aliphatic carbocycles. The molecule has 0 radical (unpaired) electrons. The number of amides is 2. The Bertz CT molecular complexity index is 429. The van der Waals surface area contributed by atoms with Crippen molar-refractivity contribution in [3.05, 3.63) is 11.8 Å². The molecule has 1 rings (SSSR count). The fraction of sp³-hybridized carbons (Fsp3) is 0.583. The van der Waals surface area contributed by atoms with Gasteiger partial charge in [-0.1, -0.05) is 0 Å². The molecule has 0 fully saturated rings. The van der Waals surface area contributed by atoms with Gasteiger partial charge in [-0.2, -0.15) is 5.26 Å². The topological polar surface area (TPSA) is 110 Å². The predicted molar refractivity (Wildman–Crippen MR) is 67.3 cm³/mol. The highest BCUT2D eigenvalue weighted by atomic mass is 16.6. The molecule has 1 aliphatic heterocycles. The van der Waals surface area contributed by atoms with Crippen LogP contribution in [0.15, 0.2) is 11.8 Å². The van der Waals surface area contributed by atoms with Crippen molar-refractivity contribution in [2.45, 2.75) is 32.5 Å². The molecule has 1 aliphatic rings. The first-order chi connectivity index (χ1) is 9.60. The second kappa shape index (κ2) is 7.89. The lowest BCUT2D eigenvalue weighted by atomic mass is 10.1. The van der Waals surface area contributed by atoms with Crippen molar-refractivity contribution in [3.63, 3.8) is 0 Å². The van der Waals surface area contributed by atoms with Crippen LogP contribution in [0.4, 0.5) is 9.59 Å². The van der Waals surface area contributed by atoms with Crippen molar-refractivity contribution in [2.24, 2.45) is 0 Å². The molecule has 0 saturated heterocycles. The van der Waals surface area contributed by atoms with Crippen molar-refractivity contribution in [1.82, 2.24) is 10.6 Å². The van der Waals surface area contributed by atoms with E-state index in [1.807, 2.05) is 6.07 Å². The van der Waals surface area contributed by atoms with Crippen LogP contribution < -0.4 is 10.6 Å². The number of carbonyl (C=O) groups is 2. The van der Waals surface area contributed by atoms with E-state index in [2.05, 4.69) is 10.6 Å². The van der Waals surface area contributed by atoms with Gasteiger partial charge < -0.3 is 19.5 Å². The molecule has 110 valence electrons. The lowest BCUT2D eigenvalue weighted by Gasteiger charge is -2.30. The maximum absolute atomic E-state index is 11.4. The van der Waals surface area contributed by atoms with E-state index >= 15 is 0 Å². The van der Waals surface area contributed by atoms with E-state index in [1.165, 1.54) is 6.08 Å². The Morgan fingerprint density at radius 2 is 1.95 bits per heavy atom. The number of alkyl carbamates (subject to hydrolysis) is 2. The Labute approximate surface area is 116 Å². The van der Waals surface area contributed by atoms with Gasteiger partial charge in [0.05, 0.1) is 19.3 Å². The number of nitrogens with one attached hydrogen (secondary N) is 2. The van der Waals surface area contributed by atoms with E-state index in [0.29, 0.717) is 6.42 Å². The van der Waals surface area contributed by atoms with Gasteiger partial charge in [-0.05, 0) is 26.3 Å². The number of carbonyl (C=O) groups excluding carboxylic acids is 2. The first-order valence-electron chi connectivity index (χ1n) is 6.24. The van der Waals surface area contributed by atoms with E-state index in [1.54, 1.807) is 13.8 Å². The molecule has 2 atom stereocenters. The summed E-state index contributed by atoms with van der Waals surface area (Å²) in [5.41, 5.74) is 0. The minimum absolute atomic E-state index is 0.0775. The largest absolute Gasteiger partial charge is 0.458 e. The third-order valence-corrected chi connectivity index (χ3v) is 2.40. The van der Waals surface area contributed by atoms with Gasteiger partial charge in [-0.15, -0.1) is 0 Å². The molecule has 0 spiro atoms. The van der Waals surface area contributed by atoms with Gasteiger partial charge in [0.15, 0.2) is 12.0 Å². The molecule has 0 unspecified atom stereocenters. The van der Waals surface area contributed by atoms with Gasteiger partial charge in [0.25, 0.3) is 0 Å². The number of hydrogen-bond acceptors (Lipinski definition) is 6. The van der Waals surface area contributed by atoms with Crippen LogP contribution >= 0.6 is 0 Å². The normalized spacial score (nSPS) is 20.8. The summed E-state index contributed by atoms with van der Waals surface area (Å²) in [6.45, 7) is 3.78. The number of allylic oxidation sites excluding steroid dienone is 1. The predicted octanol–water partition coefficient (Wildman–Crippen LogP) is 1.00. The zero-order valence-electron chi connectivity index (χ0n) is 11.3. The Morgan fingerprint density at radius 1 is 1.35 bits per heavy atom. The van der Waals surface area contributed by atoms with Gasteiger partial charge in [0.2, 0.25) is 0 Å². The minimum atomic E-state index is -0.891. The third kappa shape index (κ3) is 4.68. The Kier molecular flexibility index (Phi) is 6.16. The Morgan fingerprint density at radius 3 is 2.50 bits per heavy atom. The Hall–Kier alpha value is -2.43. The zero-order chi connectivity index (χ0) is 15.0. The van der Waals surface area contributed by atoms with Crippen LogP contribution in [0.5, 0.6) is 0 Å². The van der Waals surface area contributed by atoms with Gasteiger partial charge in [-0.25, -0.2) is 9.59 Å². The van der Waals surface area contributed by atoms with Crippen LogP contribution in [0.3, 0.4) is 0 Å². The fourth-order valence-corrected chi connectivity index (χ4v) is 1.57. The zero-order valence-corrected chi connectivity index (χ0v) is 11.3. The highest BCUT2D eigenvalue weighted by molar-refractivity contribution is 5.69. The number of rotatable bonds is 4. The molecule has 0 bridgehead atoms. The third-order valence-electron chi connectivity index (χ3n) is 2.40. The van der Waals surface area contributed by atoms with Crippen LogP contribution in [-0.2, 0) is 14.2 Å². The second-order valence-corrected chi connectivity index (χ2v) is 3.79. The summed E-state index contributed by atoms with van der Waals surface area (Å²) in [4.78, 5) is 22.8. The molecule has 20 heavy (non-hydrogen) atoms. The van der Waals surface area contributed by atoms with Crippen LogP contribution in [0.2, 0.25) is 0 Å². The summed E-state index contributed by atoms with van der Waals surface area (Å²) in [5, 5.41) is 13.8. The molecule has 2 amide bonds. The van der Waals surface area contributed by atoms with Crippen molar-refractivity contribution in [2.75, 3.05) is 13.2 Å². The van der Waals surface area contributed by atoms with E-state index < -0.39 is 24.5 Å². The molecule has 0 saturated carbocycles. The maximum Gasteiger partial charge on any atom is 0.410 e. The molecular formula is C12H17N3O5. The molecule has 0 aromatic carbocycles. The summed E-state index contributed by atoms with van der Waals surface area (Å²) in [5.74, 6) is 0.0775. The van der Waals surface area contributed by atoms with Crippen LogP contribution in [-0.4, -0.2) is 37.7 Å². The van der Waals surface area contributed by atoms with E-state index in [0.717, 1.165) is 0 Å². The molecule has 8 nitrogen and oxygen atoms in total. The average molecular weight is 283 g/mol. The minimum Gasteiger partial charge on any atom is -0.458 e. The highest BCUT2D eigenvalue weighted by Crippen LogP contribution is 2.16. The van der Waals surface area contributed by atoms with Gasteiger partial charge >= 0.3 is 12.2 Å². The number of nitrogens with zero attached hydrogens (tertiary/aromatic N) is 1. The van der Waals surface area contributed by atoms with Gasteiger partial charge in [0, 0.05) is 0 Å². The lowest BCUT2D eigenvalue weighted by molar-refractivity contribution is 0.0398. The summed E-state index contributed by atoms with van der Waals surface area (Å²) >= 11 is 0. The van der Waals surface area contributed by atoms with Crippen molar-refractivity contribution in [1.29, 1.82) is 5.26 Å². The Balaban J connectivity index is 2.68. The smallest absolute Gasteiger partial charge is 0.410 e. The quantitative estimate of drug-likeness (QED) is 0.796. The van der Waals surface area contributed by atoms with Gasteiger partial charge in [0.1, 0.15) is 6.07 Å². The van der Waals surface area contributed by atoms with E-state index in [-0.39, 0.29) is 19.0 Å². The standard InChI is InChI=1S/C12H17N3O5/c1-3-18-11(16)14-9-6-5-8(7-13)20-10(9)15-12(17)19-4-2/h5,9-10H,3-4,6H2,1-2H3,(H,14,16)(H,15,17)/t9-,10+/m1/s1. The van der Waals surface area contributed by atoms with E-state index in [9.17, 15) is 9.59 Å². The summed E-state index contributed by atoms with van der Waals surface area (Å²) < 4.78 is 14.8. The van der Waals surface area contributed by atoms with E-state index in [4.69, 9.17) is 19.5 Å². The highest BCUT2D eigenvalue weighted by Gasteiger charge is 2.31. The van der Waals surface area contributed by atoms with Crippen LogP contribution in [0.25, 0.3) is 0 Å².